The Morgan fingerprint density at radius 2 is 0.850 bits per heavy atom. The molecule has 0 amide bonds. The third kappa shape index (κ3) is 15.7. The van der Waals surface area contributed by atoms with E-state index in [-0.39, 0.29) is 28.1 Å². The lowest BCUT2D eigenvalue weighted by atomic mass is 10.2. The lowest BCUT2D eigenvalue weighted by molar-refractivity contribution is 0.508. The van der Waals surface area contributed by atoms with Crippen molar-refractivity contribution in [3.63, 3.8) is 0 Å². The fourth-order valence-electron chi connectivity index (χ4n) is 6.93. The van der Waals surface area contributed by atoms with Crippen molar-refractivity contribution in [3.8, 4) is 5.69 Å². The molecule has 0 radical (unpaired) electrons. The Balaban J connectivity index is 0.000000162. The van der Waals surface area contributed by atoms with E-state index in [1.807, 2.05) is 5.16 Å². The lowest BCUT2D eigenvalue weighted by Crippen LogP contribution is -2.19. The second-order valence-corrected chi connectivity index (χ2v) is 16.9. The number of hydrogen-bond donors (Lipinski definition) is 6. The van der Waals surface area contributed by atoms with Crippen LogP contribution < -0.4 is 32.3 Å². The van der Waals surface area contributed by atoms with E-state index in [0.717, 1.165) is 72.8 Å². The number of benzene rings is 9. The molecule has 9 aromatic carbocycles. The first kappa shape index (κ1) is 58.0. The number of thiocarbonyl (C=S) groups is 2. The number of para-hydroxylation sites is 6. The Labute approximate surface area is 458 Å². The summed E-state index contributed by atoms with van der Waals surface area (Å²) >= 11 is 9.46. The zero-order valence-electron chi connectivity index (χ0n) is 40.6. The molecule has 1 aromatic heterocycles. The lowest BCUT2D eigenvalue weighted by Gasteiger charge is -2.15. The number of isothiocyanates is 1. The minimum atomic E-state index is -1.01. The minimum Gasteiger partial charge on any atom is -0.397 e. The largest absolute Gasteiger partial charge is 0.397 e. The van der Waals surface area contributed by atoms with Gasteiger partial charge in [-0.2, -0.15) is 4.99 Å². The van der Waals surface area contributed by atoms with Gasteiger partial charge in [-0.05, 0) is 134 Å². The van der Waals surface area contributed by atoms with Crippen LogP contribution in [0.25, 0.3) is 16.7 Å². The predicted molar refractivity (Wildman–Crippen MR) is 294 cm³/mol. The third-order valence-corrected chi connectivity index (χ3v) is 11.0. The van der Waals surface area contributed by atoms with Gasteiger partial charge in [0.15, 0.2) is 74.9 Å². The van der Waals surface area contributed by atoms with E-state index in [1.54, 1.807) is 77.4 Å². The smallest absolute Gasteiger partial charge is 0.213 e. The summed E-state index contributed by atoms with van der Waals surface area (Å²) in [6.45, 7) is 0. The van der Waals surface area contributed by atoms with Crippen LogP contribution in [0.4, 0.5) is 110 Å². The van der Waals surface area contributed by atoms with Gasteiger partial charge < -0.3 is 32.3 Å². The molecule has 406 valence electrons. The van der Waals surface area contributed by atoms with E-state index in [4.69, 9.17) is 18.0 Å². The molecule has 0 bridgehead atoms. The topological polar surface area (TPSA) is 116 Å². The molecule has 0 fully saturated rings. The zero-order chi connectivity index (χ0) is 57.5. The average molecular weight is 1140 g/mol. The number of hydrogen-bond acceptors (Lipinski definition) is 8. The van der Waals surface area contributed by atoms with Gasteiger partial charge in [-0.15, -0.1) is 0 Å². The highest BCUT2D eigenvalue weighted by Crippen LogP contribution is 2.30. The monoisotopic (exact) mass is 1140 g/mol. The zero-order valence-corrected chi connectivity index (χ0v) is 42.2. The first-order valence-corrected chi connectivity index (χ1v) is 23.8. The van der Waals surface area contributed by atoms with Crippen LogP contribution in [0, 0.1) is 69.8 Å². The molecule has 23 heteroatoms. The maximum absolute atomic E-state index is 13.7. The van der Waals surface area contributed by atoms with Crippen LogP contribution in [0.3, 0.4) is 0 Å². The molecule has 9 nitrogen and oxygen atoms in total. The Bertz CT molecular complexity index is 3900. The quantitative estimate of drug-likeness (QED) is 0.0345. The molecule has 0 atom stereocenters. The predicted octanol–water partition coefficient (Wildman–Crippen LogP) is 17.1. The van der Waals surface area contributed by atoms with Gasteiger partial charge in [-0.3, -0.25) is 4.57 Å². The van der Waals surface area contributed by atoms with E-state index in [9.17, 15) is 52.7 Å². The van der Waals surface area contributed by atoms with Crippen molar-refractivity contribution in [1.82, 2.24) is 9.55 Å². The van der Waals surface area contributed by atoms with E-state index in [0.29, 0.717) is 50.8 Å². The number of nitrogens with zero attached hydrogens (tertiary/aromatic N) is 3. The summed E-state index contributed by atoms with van der Waals surface area (Å²) in [6.07, 6.45) is 0. The van der Waals surface area contributed by atoms with Crippen LogP contribution in [-0.2, 0) is 0 Å². The standard InChI is InChI=1S/C19H13F4N3S.C19H11F4N3.C12H10F2N2.C7H3F2NS/c20-13-7-5-11(9-15(13)22)24-17-3-1-2-4-18(17)26-19(27)25-12-6-8-14(21)16(23)10-12;20-13-7-5-11(9-15(13)22)24-19-25-17-3-1-2-4-18(17)26(19)12-6-8-14(21)16(23)10-12;13-9-6-5-8(7-10(9)14)16-12-4-2-1-3-11(12)15;8-6-2-1-5(10-4-11)3-7(6)9/h1-10,24H,(H2,25,26,27);1-10H,(H,24,25);1-7,16H,15H2;1-3H. The van der Waals surface area contributed by atoms with E-state index >= 15 is 0 Å². The maximum Gasteiger partial charge on any atom is 0.213 e. The fraction of sp³-hybridized carbons (Fsp3) is 0. The average Bonchev–Trinajstić information content (AvgIpc) is 3.80. The van der Waals surface area contributed by atoms with Gasteiger partial charge in [0.1, 0.15) is 0 Å². The van der Waals surface area contributed by atoms with Gasteiger partial charge in [0, 0.05) is 59.1 Å². The number of fused-ring (bicyclic) bond motifs is 1. The number of anilines is 9. The molecule has 0 unspecified atom stereocenters. The van der Waals surface area contributed by atoms with Crippen LogP contribution in [0.2, 0.25) is 0 Å². The molecule has 0 aliphatic carbocycles. The molecule has 7 N–H and O–H groups in total. The molecular formula is C57H37F12N9S2. The second kappa shape index (κ2) is 27.1. The Hall–Kier alpha value is -9.70. The molecule has 80 heavy (non-hydrogen) atoms. The summed E-state index contributed by atoms with van der Waals surface area (Å²) < 4.78 is 158. The number of imidazole rings is 1. The Morgan fingerprint density at radius 1 is 0.425 bits per heavy atom. The molecule has 10 rings (SSSR count). The summed E-state index contributed by atoms with van der Waals surface area (Å²) in [5.74, 6) is -11.1. The highest BCUT2D eigenvalue weighted by Gasteiger charge is 2.16. The van der Waals surface area contributed by atoms with Gasteiger partial charge in [0.05, 0.1) is 50.3 Å². The molecule has 0 aliphatic rings. The minimum absolute atomic E-state index is 0.139. The molecular weight excluding hydrogens is 1100 g/mol. The van der Waals surface area contributed by atoms with Gasteiger partial charge in [-0.1, -0.05) is 36.4 Å². The van der Waals surface area contributed by atoms with Crippen molar-refractivity contribution < 1.29 is 52.7 Å². The number of aromatic nitrogens is 2. The molecule has 0 aliphatic heterocycles. The highest BCUT2D eigenvalue weighted by atomic mass is 32.1. The van der Waals surface area contributed by atoms with E-state index in [2.05, 4.69) is 48.8 Å². The molecule has 0 saturated heterocycles. The summed E-state index contributed by atoms with van der Waals surface area (Å²) in [7, 11) is 0. The maximum atomic E-state index is 13.7. The third-order valence-electron chi connectivity index (χ3n) is 10.7. The summed E-state index contributed by atoms with van der Waals surface area (Å²) in [6, 6.07) is 41.5. The van der Waals surface area contributed by atoms with Crippen LogP contribution in [0.1, 0.15) is 0 Å². The summed E-state index contributed by atoms with van der Waals surface area (Å²) in [4.78, 5) is 7.87. The summed E-state index contributed by atoms with van der Waals surface area (Å²) in [5.41, 5.74) is 11.2. The van der Waals surface area contributed by atoms with Crippen molar-refractivity contribution in [3.05, 3.63) is 252 Å². The van der Waals surface area contributed by atoms with Gasteiger partial charge >= 0.3 is 0 Å². The highest BCUT2D eigenvalue weighted by molar-refractivity contribution is 7.80. The number of rotatable bonds is 10. The van der Waals surface area contributed by atoms with Gasteiger partial charge in [0.25, 0.3) is 0 Å². The number of nitrogens with two attached hydrogens (primary N) is 1. The first-order valence-electron chi connectivity index (χ1n) is 22.9. The van der Waals surface area contributed by atoms with Crippen LogP contribution in [-0.4, -0.2) is 19.8 Å². The van der Waals surface area contributed by atoms with Gasteiger partial charge in [0.2, 0.25) is 5.95 Å². The Kier molecular flexibility index (Phi) is 19.6. The van der Waals surface area contributed by atoms with Crippen molar-refractivity contribution >= 4 is 103 Å². The molecule has 1 heterocycles. The van der Waals surface area contributed by atoms with Crippen LogP contribution >= 0.6 is 24.4 Å². The molecule has 0 saturated carbocycles. The SMILES string of the molecule is Fc1ccc(N=C=S)cc1F.Fc1ccc(NC(=S)Nc2ccccc2Nc2ccc(F)c(F)c2)cc1F.Fc1ccc(Nc2nc3ccccc3n2-c2ccc(F)c(F)c2)cc1F.Nc1ccccc1Nc1ccc(F)c(F)c1. The Morgan fingerprint density at radius 3 is 1.38 bits per heavy atom. The molecule has 10 aromatic rings. The van der Waals surface area contributed by atoms with Crippen molar-refractivity contribution in [2.75, 3.05) is 32.3 Å². The van der Waals surface area contributed by atoms with Crippen molar-refractivity contribution in [2.45, 2.75) is 0 Å². The number of aliphatic imine (C=N–C) groups is 1. The molecule has 0 spiro atoms. The second-order valence-electron chi connectivity index (χ2n) is 16.3. The number of nitrogens with one attached hydrogen (secondary N) is 5. The van der Waals surface area contributed by atoms with E-state index in [1.165, 1.54) is 36.4 Å². The van der Waals surface area contributed by atoms with Crippen LogP contribution in [0.5, 0.6) is 0 Å². The van der Waals surface area contributed by atoms with Crippen LogP contribution in [0.15, 0.2) is 187 Å². The number of halogens is 12. The number of nitrogen functional groups attached to an aromatic ring is 1. The van der Waals surface area contributed by atoms with Crippen molar-refractivity contribution in [1.29, 1.82) is 0 Å². The fourth-order valence-corrected chi connectivity index (χ4v) is 7.27. The van der Waals surface area contributed by atoms with E-state index < -0.39 is 69.8 Å². The van der Waals surface area contributed by atoms with Crippen molar-refractivity contribution in [2.24, 2.45) is 4.99 Å². The van der Waals surface area contributed by atoms with Gasteiger partial charge in [-0.25, -0.2) is 57.7 Å². The normalized spacial score (nSPS) is 10.3. The summed E-state index contributed by atoms with van der Waals surface area (Å²) in [5, 5.41) is 16.6. The first-order chi connectivity index (χ1) is 38.3.